The molecule has 1 unspecified atom stereocenters. The monoisotopic (exact) mass is 326 g/mol. The first-order valence-electron chi connectivity index (χ1n) is 9.42. The van der Waals surface area contributed by atoms with Gasteiger partial charge in [0.05, 0.1) is 0 Å². The fourth-order valence-electron chi connectivity index (χ4n) is 4.62. The number of allylic oxidation sites excluding steroid dienone is 4. The predicted octanol–water partition coefficient (Wildman–Crippen LogP) is 6.29. The zero-order valence-electron chi connectivity index (χ0n) is 16.1. The minimum Gasteiger partial charge on any atom is -0.0808 e. The summed E-state index contributed by atoms with van der Waals surface area (Å²) >= 11 is 0. The lowest BCUT2D eigenvalue weighted by Gasteiger charge is -2.34. The van der Waals surface area contributed by atoms with Crippen molar-refractivity contribution in [2.45, 2.75) is 79.3 Å². The number of aryl methyl sites for hydroxylation is 3. The molecule has 0 saturated carbocycles. The Kier molecular flexibility index (Phi) is 6.08. The average Bonchev–Trinajstić information content (AvgIpc) is 2.93. The quantitative estimate of drug-likeness (QED) is 0.516. The van der Waals surface area contributed by atoms with Crippen LogP contribution in [0.1, 0.15) is 62.6 Å². The van der Waals surface area contributed by atoms with Crippen LogP contribution in [0.3, 0.4) is 0 Å². The Labute approximate surface area is 144 Å². The zero-order valence-corrected chi connectivity index (χ0v) is 17.1. The number of benzene rings is 1. The molecule has 23 heavy (non-hydrogen) atoms. The van der Waals surface area contributed by atoms with Crippen LogP contribution in [0.2, 0.25) is 12.6 Å². The first-order chi connectivity index (χ1) is 10.9. The molecule has 1 aromatic rings. The van der Waals surface area contributed by atoms with Gasteiger partial charge < -0.3 is 0 Å². The van der Waals surface area contributed by atoms with Crippen molar-refractivity contribution < 1.29 is 0 Å². The van der Waals surface area contributed by atoms with Crippen molar-refractivity contribution in [2.24, 2.45) is 0 Å². The van der Waals surface area contributed by atoms with Gasteiger partial charge in [0, 0.05) is 0 Å². The van der Waals surface area contributed by atoms with Gasteiger partial charge in [-0.1, -0.05) is 91.4 Å². The Morgan fingerprint density at radius 2 is 1.61 bits per heavy atom. The molecule has 2 rings (SSSR count). The molecule has 1 aromatic carbocycles. The molecule has 0 saturated heterocycles. The van der Waals surface area contributed by atoms with Crippen LogP contribution in [-0.2, 0) is 0 Å². The summed E-state index contributed by atoms with van der Waals surface area (Å²) in [5.41, 5.74) is 6.12. The maximum Gasteiger partial charge on any atom is 0.115 e. The summed E-state index contributed by atoms with van der Waals surface area (Å²) in [6, 6.07) is 6.19. The third-order valence-corrected chi connectivity index (χ3v) is 10.4. The van der Waals surface area contributed by atoms with Crippen molar-refractivity contribution in [1.29, 1.82) is 0 Å². The second-order valence-corrected chi connectivity index (χ2v) is 11.7. The first-order valence-corrected chi connectivity index (χ1v) is 12.1. The molecule has 0 heterocycles. The van der Waals surface area contributed by atoms with Gasteiger partial charge in [-0.15, -0.1) is 0 Å². The summed E-state index contributed by atoms with van der Waals surface area (Å²) < 4.78 is 0. The standard InChI is InChI=1S/C22H34Si/c1-7-9-14-23(6,21-13-10-12-20(21)11-8-2)22-18(4)15-17(3)16-19(22)5/h12-13,15-16H,7-11,14H2,1-6H3. The van der Waals surface area contributed by atoms with Crippen molar-refractivity contribution in [2.75, 3.05) is 0 Å². The van der Waals surface area contributed by atoms with E-state index in [0.29, 0.717) is 0 Å². The fourth-order valence-corrected chi connectivity index (χ4v) is 9.86. The van der Waals surface area contributed by atoms with Crippen LogP contribution in [0.4, 0.5) is 0 Å². The van der Waals surface area contributed by atoms with Crippen molar-refractivity contribution in [1.82, 2.24) is 0 Å². The van der Waals surface area contributed by atoms with Gasteiger partial charge >= 0.3 is 0 Å². The number of rotatable bonds is 7. The second kappa shape index (κ2) is 7.66. The number of hydrogen-bond donors (Lipinski definition) is 0. The summed E-state index contributed by atoms with van der Waals surface area (Å²) in [5, 5.41) is 3.47. The normalized spacial score (nSPS) is 17.0. The van der Waals surface area contributed by atoms with Crippen LogP contribution in [0.5, 0.6) is 0 Å². The third kappa shape index (κ3) is 3.71. The van der Waals surface area contributed by atoms with Crippen molar-refractivity contribution in [3.05, 3.63) is 51.7 Å². The van der Waals surface area contributed by atoms with Crippen LogP contribution < -0.4 is 5.19 Å². The van der Waals surface area contributed by atoms with E-state index in [0.717, 1.165) is 6.42 Å². The van der Waals surface area contributed by atoms with Gasteiger partial charge in [0.1, 0.15) is 8.07 Å². The lowest BCUT2D eigenvalue weighted by molar-refractivity contribution is 0.868. The Bertz CT molecular complexity index is 598. The summed E-state index contributed by atoms with van der Waals surface area (Å²) in [5.74, 6) is 0. The van der Waals surface area contributed by atoms with E-state index in [1.165, 1.54) is 48.4 Å². The van der Waals surface area contributed by atoms with E-state index >= 15 is 0 Å². The minimum absolute atomic E-state index is 1.16. The van der Waals surface area contributed by atoms with E-state index in [1.54, 1.807) is 16.0 Å². The molecule has 1 aliphatic rings. The van der Waals surface area contributed by atoms with E-state index in [1.807, 2.05) is 0 Å². The highest BCUT2D eigenvalue weighted by Crippen LogP contribution is 2.35. The Hall–Kier alpha value is -1.08. The molecule has 0 amide bonds. The zero-order chi connectivity index (χ0) is 17.0. The molecule has 126 valence electrons. The molecule has 0 radical (unpaired) electrons. The highest BCUT2D eigenvalue weighted by molar-refractivity contribution is 6.98. The average molecular weight is 327 g/mol. The maximum absolute atomic E-state index is 2.63. The molecule has 0 aliphatic heterocycles. The fraction of sp³-hybridized carbons (Fsp3) is 0.545. The van der Waals surface area contributed by atoms with Gasteiger partial charge in [-0.05, 0) is 44.8 Å². The molecule has 0 nitrogen and oxygen atoms in total. The summed E-state index contributed by atoms with van der Waals surface area (Å²) in [4.78, 5) is 0. The van der Waals surface area contributed by atoms with Gasteiger partial charge in [-0.25, -0.2) is 0 Å². The molecule has 1 atom stereocenters. The summed E-state index contributed by atoms with van der Waals surface area (Å²) in [6.07, 6.45) is 11.4. The Morgan fingerprint density at radius 1 is 0.957 bits per heavy atom. The Morgan fingerprint density at radius 3 is 2.17 bits per heavy atom. The molecule has 0 aromatic heterocycles. The highest BCUT2D eigenvalue weighted by Gasteiger charge is 2.37. The Balaban J connectivity index is 2.55. The molecule has 0 N–H and O–H groups in total. The van der Waals surface area contributed by atoms with Crippen LogP contribution >= 0.6 is 0 Å². The SMILES string of the molecule is CCCC[Si](C)(C1=CCC=C1CCC)c1c(C)cc(C)cc1C. The molecule has 0 spiro atoms. The van der Waals surface area contributed by atoms with Gasteiger partial charge in [0.25, 0.3) is 0 Å². The van der Waals surface area contributed by atoms with Crippen LogP contribution in [0.25, 0.3) is 0 Å². The van der Waals surface area contributed by atoms with Crippen LogP contribution in [0.15, 0.2) is 35.1 Å². The minimum atomic E-state index is -1.63. The highest BCUT2D eigenvalue weighted by atomic mass is 28.3. The van der Waals surface area contributed by atoms with Gasteiger partial charge in [0.2, 0.25) is 0 Å². The molecular weight excluding hydrogens is 292 g/mol. The smallest absolute Gasteiger partial charge is 0.0808 e. The van der Waals surface area contributed by atoms with Gasteiger partial charge in [0.15, 0.2) is 0 Å². The lowest BCUT2D eigenvalue weighted by Crippen LogP contribution is -2.50. The third-order valence-electron chi connectivity index (χ3n) is 5.41. The van der Waals surface area contributed by atoms with Gasteiger partial charge in [-0.2, -0.15) is 0 Å². The van der Waals surface area contributed by atoms with Crippen LogP contribution in [-0.4, -0.2) is 8.07 Å². The van der Waals surface area contributed by atoms with Crippen molar-refractivity contribution in [3.63, 3.8) is 0 Å². The van der Waals surface area contributed by atoms with E-state index < -0.39 is 8.07 Å². The first kappa shape index (κ1) is 18.3. The summed E-state index contributed by atoms with van der Waals surface area (Å²) in [7, 11) is -1.63. The molecule has 1 heteroatoms. The van der Waals surface area contributed by atoms with E-state index in [9.17, 15) is 0 Å². The predicted molar refractivity (Wildman–Crippen MR) is 107 cm³/mol. The van der Waals surface area contributed by atoms with E-state index in [2.05, 4.69) is 65.5 Å². The molecular formula is C22H34Si. The summed E-state index contributed by atoms with van der Waals surface area (Å²) in [6.45, 7) is 14.2. The molecule has 1 aliphatic carbocycles. The number of hydrogen-bond acceptors (Lipinski definition) is 0. The second-order valence-electron chi connectivity index (χ2n) is 7.54. The largest absolute Gasteiger partial charge is 0.115 e. The van der Waals surface area contributed by atoms with Gasteiger partial charge in [-0.3, -0.25) is 0 Å². The molecule has 0 fully saturated rings. The van der Waals surface area contributed by atoms with Crippen LogP contribution in [0, 0.1) is 20.8 Å². The molecule has 0 bridgehead atoms. The maximum atomic E-state index is 2.63. The van der Waals surface area contributed by atoms with Crippen molar-refractivity contribution >= 4 is 13.3 Å². The van der Waals surface area contributed by atoms with E-state index in [4.69, 9.17) is 0 Å². The number of unbranched alkanes of at least 4 members (excludes halogenated alkanes) is 1. The topological polar surface area (TPSA) is 0 Å². The van der Waals surface area contributed by atoms with Crippen molar-refractivity contribution in [3.8, 4) is 0 Å². The van der Waals surface area contributed by atoms with E-state index in [-0.39, 0.29) is 0 Å². The lowest BCUT2D eigenvalue weighted by atomic mass is 10.1.